The van der Waals surface area contributed by atoms with E-state index < -0.39 is 10.1 Å². The molecular weight excluding hydrogens is 187 g/mol. The van der Waals surface area contributed by atoms with Crippen molar-refractivity contribution in [3.05, 3.63) is 18.2 Å². The van der Waals surface area contributed by atoms with Gasteiger partial charge in [-0.3, -0.25) is 4.55 Å². The Hall–Kier alpha value is -0.673. The van der Waals surface area contributed by atoms with Gasteiger partial charge in [0.2, 0.25) is 0 Å². The molecule has 0 bridgehead atoms. The van der Waals surface area contributed by atoms with Gasteiger partial charge in [0.15, 0.2) is 0 Å². The van der Waals surface area contributed by atoms with Crippen molar-refractivity contribution in [1.29, 1.82) is 0 Å². The minimum Gasteiger partial charge on any atom is -1.00 e. The third-order valence-electron chi connectivity index (χ3n) is 1.32. The zero-order chi connectivity index (χ0) is 9.35. The normalized spacial score (nSPS) is 10.5. The summed E-state index contributed by atoms with van der Waals surface area (Å²) < 4.78 is 29.9. The van der Waals surface area contributed by atoms with Crippen LogP contribution in [0.3, 0.4) is 0 Å². The third kappa shape index (κ3) is 2.93. The number of benzene rings is 1. The maximum absolute atomic E-state index is 10.6. The van der Waals surface area contributed by atoms with Gasteiger partial charge in [-0.05, 0) is 18.2 Å². The van der Waals surface area contributed by atoms with Crippen molar-refractivity contribution >= 4 is 21.5 Å². The second kappa shape index (κ2) is 4.02. The van der Waals surface area contributed by atoms with Gasteiger partial charge in [0, 0.05) is 5.69 Å². The number of hydrogen-bond donors (Lipinski definition) is 3. The first-order valence-electron chi connectivity index (χ1n) is 3.04. The van der Waals surface area contributed by atoms with Gasteiger partial charge in [-0.25, -0.2) is 0 Å². The molecule has 13 heavy (non-hydrogen) atoms. The van der Waals surface area contributed by atoms with Crippen molar-refractivity contribution in [2.45, 2.75) is 4.90 Å². The Morgan fingerprint density at radius 3 is 2.23 bits per heavy atom. The molecule has 0 heterocycles. The Morgan fingerprint density at radius 1 is 1.31 bits per heavy atom. The Labute approximate surface area is 89.5 Å². The Balaban J connectivity index is 0. The topological polar surface area (TPSA) is 106 Å². The zero-order valence-electron chi connectivity index (χ0n) is 8.06. The van der Waals surface area contributed by atoms with Gasteiger partial charge in [0.05, 0.1) is 5.69 Å². The predicted molar refractivity (Wildman–Crippen MR) is 46.2 cm³/mol. The van der Waals surface area contributed by atoms with Crippen molar-refractivity contribution in [3.8, 4) is 0 Å². The summed E-state index contributed by atoms with van der Waals surface area (Å²) in [7, 11) is -4.26. The molecular formula is C6H9LiN2O3S. The van der Waals surface area contributed by atoms with E-state index in [0.29, 0.717) is 0 Å². The monoisotopic (exact) mass is 196 g/mol. The summed E-state index contributed by atoms with van der Waals surface area (Å²) in [6, 6.07) is 3.87. The van der Waals surface area contributed by atoms with E-state index in [9.17, 15) is 8.42 Å². The van der Waals surface area contributed by atoms with Gasteiger partial charge >= 0.3 is 18.9 Å². The van der Waals surface area contributed by atoms with E-state index in [1.807, 2.05) is 0 Å². The van der Waals surface area contributed by atoms with Crippen molar-refractivity contribution in [1.82, 2.24) is 0 Å². The molecule has 0 unspecified atom stereocenters. The Kier molecular flexibility index (Phi) is 3.82. The molecule has 0 saturated carbocycles. The van der Waals surface area contributed by atoms with Crippen LogP contribution in [-0.4, -0.2) is 13.0 Å². The largest absolute Gasteiger partial charge is 1.00 e. The van der Waals surface area contributed by atoms with Gasteiger partial charge in [-0.2, -0.15) is 8.42 Å². The first-order valence-corrected chi connectivity index (χ1v) is 4.48. The molecule has 0 fully saturated rings. The fourth-order valence-corrected chi connectivity index (χ4v) is 1.43. The smallest absolute Gasteiger partial charge is 1.00 e. The number of nitrogens with two attached hydrogens (primary N) is 2. The molecule has 0 atom stereocenters. The molecule has 5 N–H and O–H groups in total. The van der Waals surface area contributed by atoms with Crippen LogP contribution in [-0.2, 0) is 10.1 Å². The summed E-state index contributed by atoms with van der Waals surface area (Å²) in [6.07, 6.45) is 0. The summed E-state index contributed by atoms with van der Waals surface area (Å²) in [4.78, 5) is -0.359. The fraction of sp³-hybridized carbons (Fsp3) is 0. The van der Waals surface area contributed by atoms with Crippen molar-refractivity contribution in [2.75, 3.05) is 11.5 Å². The zero-order valence-corrected chi connectivity index (χ0v) is 7.88. The molecule has 1 rings (SSSR count). The van der Waals surface area contributed by atoms with Crippen molar-refractivity contribution in [3.63, 3.8) is 0 Å². The van der Waals surface area contributed by atoms with E-state index in [4.69, 9.17) is 16.0 Å². The van der Waals surface area contributed by atoms with Gasteiger partial charge in [0.25, 0.3) is 10.1 Å². The molecule has 0 radical (unpaired) electrons. The van der Waals surface area contributed by atoms with E-state index in [0.717, 1.165) is 6.07 Å². The molecule has 1 aromatic rings. The summed E-state index contributed by atoms with van der Waals surface area (Å²) >= 11 is 0. The molecule has 0 aliphatic rings. The molecule has 0 spiro atoms. The van der Waals surface area contributed by atoms with Crippen LogP contribution in [0.5, 0.6) is 0 Å². The number of hydrogen-bond acceptors (Lipinski definition) is 4. The van der Waals surface area contributed by atoms with Crippen LogP contribution in [0.1, 0.15) is 1.43 Å². The standard InChI is InChI=1S/C6H8N2O3S.Li.H/c7-4-1-2-5(8)6(3-4)12(9,10)11;;/h1-3H,7-8H2,(H,9,10,11);;/q;+1;-1. The van der Waals surface area contributed by atoms with Crippen molar-refractivity contribution in [2.24, 2.45) is 0 Å². The van der Waals surface area contributed by atoms with Crippen LogP contribution < -0.4 is 30.3 Å². The maximum Gasteiger partial charge on any atom is 1.00 e. The number of rotatable bonds is 1. The van der Waals surface area contributed by atoms with E-state index in [1.165, 1.54) is 12.1 Å². The molecule has 5 nitrogen and oxygen atoms in total. The second-order valence-electron chi connectivity index (χ2n) is 2.27. The molecule has 1 aromatic carbocycles. The van der Waals surface area contributed by atoms with E-state index in [2.05, 4.69) is 0 Å². The Morgan fingerprint density at radius 2 is 1.85 bits per heavy atom. The molecule has 0 amide bonds. The minimum atomic E-state index is -4.26. The quantitative estimate of drug-likeness (QED) is 0.256. The molecule has 7 heteroatoms. The van der Waals surface area contributed by atoms with Crippen LogP contribution in [0.15, 0.2) is 23.1 Å². The fourth-order valence-electron chi connectivity index (χ4n) is 0.774. The first-order chi connectivity index (χ1) is 5.41. The maximum atomic E-state index is 10.6. The third-order valence-corrected chi connectivity index (χ3v) is 2.22. The van der Waals surface area contributed by atoms with E-state index in [-0.39, 0.29) is 36.6 Å². The average Bonchev–Trinajstić information content (AvgIpc) is 1.92. The molecule has 0 aromatic heterocycles. The van der Waals surface area contributed by atoms with Gasteiger partial charge < -0.3 is 12.9 Å². The van der Waals surface area contributed by atoms with Crippen LogP contribution in [0, 0.1) is 0 Å². The van der Waals surface area contributed by atoms with Crippen LogP contribution in [0.25, 0.3) is 0 Å². The van der Waals surface area contributed by atoms with Gasteiger partial charge in [0.1, 0.15) is 4.90 Å². The van der Waals surface area contributed by atoms with E-state index >= 15 is 0 Å². The van der Waals surface area contributed by atoms with Crippen LogP contribution in [0.4, 0.5) is 11.4 Å². The summed E-state index contributed by atoms with van der Waals surface area (Å²) in [5, 5.41) is 0. The second-order valence-corrected chi connectivity index (χ2v) is 3.66. The van der Waals surface area contributed by atoms with Crippen LogP contribution in [0.2, 0.25) is 0 Å². The average molecular weight is 196 g/mol. The van der Waals surface area contributed by atoms with Gasteiger partial charge in [-0.1, -0.05) is 0 Å². The molecule has 0 aliphatic carbocycles. The van der Waals surface area contributed by atoms with Crippen molar-refractivity contribution < 1.29 is 33.3 Å². The first kappa shape index (κ1) is 12.3. The summed E-state index contributed by atoms with van der Waals surface area (Å²) in [5.41, 5.74) is 10.8. The minimum absolute atomic E-state index is 0. The molecule has 68 valence electrons. The Bertz CT molecular complexity index is 410. The molecule has 0 aliphatic heterocycles. The molecule has 0 saturated heterocycles. The summed E-state index contributed by atoms with van der Waals surface area (Å²) in [5.74, 6) is 0. The number of nitrogen functional groups attached to an aromatic ring is 2. The SMILES string of the molecule is Nc1ccc(N)c(S(=O)(=O)O)c1.[H-].[Li+]. The van der Waals surface area contributed by atoms with E-state index in [1.54, 1.807) is 0 Å². The summed E-state index contributed by atoms with van der Waals surface area (Å²) in [6.45, 7) is 0. The number of anilines is 2. The van der Waals surface area contributed by atoms with Crippen LogP contribution >= 0.6 is 0 Å². The van der Waals surface area contributed by atoms with Gasteiger partial charge in [-0.15, -0.1) is 0 Å². The predicted octanol–water partition coefficient (Wildman–Crippen LogP) is -2.79.